The lowest BCUT2D eigenvalue weighted by molar-refractivity contribution is -0.130. The molecule has 0 aliphatic heterocycles. The minimum Gasteiger partial charge on any atom is -0.343 e. The van der Waals surface area contributed by atoms with Crippen LogP contribution in [-0.2, 0) is 11.3 Å². The maximum absolute atomic E-state index is 12.4. The van der Waals surface area contributed by atoms with E-state index in [1.165, 1.54) is 10.9 Å². The fraction of sp³-hybridized carbons (Fsp3) is 0.357. The monoisotopic (exact) mass is 388 g/mol. The summed E-state index contributed by atoms with van der Waals surface area (Å²) in [5.74, 6) is -0.122. The minimum atomic E-state index is -0.211. The molecule has 1 N–H and O–H groups in total. The number of hydrogen-bond acceptors (Lipinski definition) is 4. The number of fused-ring (bicyclic) bond motifs is 1. The van der Waals surface area contributed by atoms with Crippen molar-refractivity contribution in [2.45, 2.75) is 6.54 Å². The van der Waals surface area contributed by atoms with E-state index in [2.05, 4.69) is 26.2 Å². The third-order valence-electron chi connectivity index (χ3n) is 3.21. The first-order valence-corrected chi connectivity index (χ1v) is 7.35. The number of rotatable bonds is 5. The fourth-order valence-corrected chi connectivity index (χ4v) is 2.28. The summed E-state index contributed by atoms with van der Waals surface area (Å²) in [7, 11) is 3.55. The Bertz CT molecular complexity index is 720. The van der Waals surface area contributed by atoms with Crippen LogP contribution in [0.2, 0.25) is 0 Å². The Morgan fingerprint density at radius 1 is 1.45 bits per heavy atom. The number of carbonyl (C=O) groups is 1. The lowest BCUT2D eigenvalue weighted by Crippen LogP contribution is -2.37. The van der Waals surface area contributed by atoms with Crippen LogP contribution in [0.25, 0.3) is 10.9 Å². The Morgan fingerprint density at radius 2 is 2.18 bits per heavy atom. The predicted molar refractivity (Wildman–Crippen MR) is 92.5 cm³/mol. The van der Waals surface area contributed by atoms with Crippen molar-refractivity contribution in [3.63, 3.8) is 0 Å². The van der Waals surface area contributed by atoms with Crippen molar-refractivity contribution in [1.29, 1.82) is 0 Å². The Balaban J connectivity index is 0.00000242. The predicted octanol–water partition coefficient (Wildman–Crippen LogP) is 1.26. The Morgan fingerprint density at radius 3 is 2.86 bits per heavy atom. The summed E-state index contributed by atoms with van der Waals surface area (Å²) in [5.41, 5.74) is 0.409. The summed E-state index contributed by atoms with van der Waals surface area (Å²) in [6, 6.07) is 5.32. The summed E-state index contributed by atoms with van der Waals surface area (Å²) in [6.07, 6.45) is 1.42. The standard InChI is InChI=1S/C14H17BrN4O2.ClH/c1-16-5-6-18(2)13(20)8-19-9-17-12-4-3-10(15)7-11(12)14(19)21;/h3-4,7,9,16H,5-6,8H2,1-2H3;1H. The second-order valence-corrected chi connectivity index (χ2v) is 5.67. The van der Waals surface area contributed by atoms with E-state index in [-0.39, 0.29) is 30.4 Å². The van der Waals surface area contributed by atoms with Crippen LogP contribution in [-0.4, -0.2) is 47.5 Å². The van der Waals surface area contributed by atoms with E-state index < -0.39 is 0 Å². The van der Waals surface area contributed by atoms with Crippen molar-refractivity contribution in [3.8, 4) is 0 Å². The molecule has 0 fully saturated rings. The molecule has 1 aromatic heterocycles. The van der Waals surface area contributed by atoms with Gasteiger partial charge in [-0.15, -0.1) is 12.4 Å². The van der Waals surface area contributed by atoms with Crippen LogP contribution in [0.4, 0.5) is 0 Å². The highest BCUT2D eigenvalue weighted by Crippen LogP contribution is 2.14. The van der Waals surface area contributed by atoms with E-state index >= 15 is 0 Å². The average molecular weight is 390 g/mol. The van der Waals surface area contributed by atoms with Crippen LogP contribution in [0.1, 0.15) is 0 Å². The highest BCUT2D eigenvalue weighted by Gasteiger charge is 2.11. The molecule has 0 aliphatic rings. The van der Waals surface area contributed by atoms with Gasteiger partial charge in [-0.1, -0.05) is 15.9 Å². The van der Waals surface area contributed by atoms with Crippen molar-refractivity contribution in [1.82, 2.24) is 19.8 Å². The highest BCUT2D eigenvalue weighted by atomic mass is 79.9. The molecule has 0 unspecified atom stereocenters. The molecule has 8 heteroatoms. The third kappa shape index (κ3) is 4.28. The van der Waals surface area contributed by atoms with Crippen LogP contribution in [0.5, 0.6) is 0 Å². The van der Waals surface area contributed by atoms with Gasteiger partial charge in [0.25, 0.3) is 5.56 Å². The normalized spacial score (nSPS) is 10.3. The van der Waals surface area contributed by atoms with Gasteiger partial charge >= 0.3 is 0 Å². The Labute approximate surface area is 143 Å². The van der Waals surface area contributed by atoms with E-state index in [0.29, 0.717) is 24.0 Å². The quantitative estimate of drug-likeness (QED) is 0.836. The summed E-state index contributed by atoms with van der Waals surface area (Å²) in [4.78, 5) is 30.3. The minimum absolute atomic E-state index is 0. The molecule has 0 saturated carbocycles. The van der Waals surface area contributed by atoms with Gasteiger partial charge < -0.3 is 10.2 Å². The van der Waals surface area contributed by atoms with Gasteiger partial charge in [0.1, 0.15) is 6.54 Å². The number of likely N-dealkylation sites (N-methyl/N-ethyl adjacent to an activating group) is 2. The maximum atomic E-state index is 12.4. The summed E-state index contributed by atoms with van der Waals surface area (Å²) in [6.45, 7) is 1.30. The molecule has 0 radical (unpaired) electrons. The number of hydrogen-bond donors (Lipinski definition) is 1. The largest absolute Gasteiger partial charge is 0.343 e. The lowest BCUT2D eigenvalue weighted by Gasteiger charge is -2.17. The molecule has 0 bridgehead atoms. The van der Waals surface area contributed by atoms with Crippen LogP contribution in [0.15, 0.2) is 33.8 Å². The second kappa shape index (κ2) is 8.26. The maximum Gasteiger partial charge on any atom is 0.261 e. The zero-order valence-electron chi connectivity index (χ0n) is 12.4. The molecule has 0 atom stereocenters. The van der Waals surface area contributed by atoms with E-state index in [0.717, 1.165) is 4.47 Å². The van der Waals surface area contributed by atoms with Gasteiger partial charge in [-0.3, -0.25) is 14.2 Å². The molecular weight excluding hydrogens is 372 g/mol. The van der Waals surface area contributed by atoms with E-state index in [4.69, 9.17) is 0 Å². The topological polar surface area (TPSA) is 67.2 Å². The number of nitrogens with zero attached hydrogens (tertiary/aromatic N) is 3. The van der Waals surface area contributed by atoms with Crippen LogP contribution in [0, 0.1) is 0 Å². The van der Waals surface area contributed by atoms with Crippen molar-refractivity contribution in [2.75, 3.05) is 27.2 Å². The average Bonchev–Trinajstić information content (AvgIpc) is 2.48. The molecule has 6 nitrogen and oxygen atoms in total. The molecule has 22 heavy (non-hydrogen) atoms. The van der Waals surface area contributed by atoms with Crippen LogP contribution in [0.3, 0.4) is 0 Å². The van der Waals surface area contributed by atoms with Crippen LogP contribution < -0.4 is 10.9 Å². The first-order chi connectivity index (χ1) is 10.0. The summed E-state index contributed by atoms with van der Waals surface area (Å²) in [5, 5.41) is 3.48. The van der Waals surface area contributed by atoms with Gasteiger partial charge in [-0.25, -0.2) is 4.98 Å². The molecule has 2 rings (SSSR count). The van der Waals surface area contributed by atoms with Gasteiger partial charge in [-0.2, -0.15) is 0 Å². The van der Waals surface area contributed by atoms with Crippen molar-refractivity contribution in [3.05, 3.63) is 39.4 Å². The number of nitrogens with one attached hydrogen (secondary N) is 1. The van der Waals surface area contributed by atoms with E-state index in [1.54, 1.807) is 24.1 Å². The van der Waals surface area contributed by atoms with Gasteiger partial charge in [0, 0.05) is 24.6 Å². The van der Waals surface area contributed by atoms with E-state index in [1.807, 2.05) is 13.1 Å². The smallest absolute Gasteiger partial charge is 0.261 e. The molecule has 0 aliphatic carbocycles. The van der Waals surface area contributed by atoms with Crippen LogP contribution >= 0.6 is 28.3 Å². The molecule has 1 amide bonds. The van der Waals surface area contributed by atoms with Crippen molar-refractivity contribution < 1.29 is 4.79 Å². The number of aromatic nitrogens is 2. The first kappa shape index (κ1) is 18.6. The second-order valence-electron chi connectivity index (χ2n) is 4.76. The number of carbonyl (C=O) groups excluding carboxylic acids is 1. The lowest BCUT2D eigenvalue weighted by atomic mass is 10.2. The highest BCUT2D eigenvalue weighted by molar-refractivity contribution is 9.10. The zero-order chi connectivity index (χ0) is 15.4. The van der Waals surface area contributed by atoms with Crippen molar-refractivity contribution in [2.24, 2.45) is 0 Å². The molecule has 2 aromatic rings. The zero-order valence-corrected chi connectivity index (χ0v) is 14.8. The number of benzene rings is 1. The van der Waals surface area contributed by atoms with Crippen molar-refractivity contribution >= 4 is 45.1 Å². The number of amides is 1. The van der Waals surface area contributed by atoms with Gasteiger partial charge in [0.05, 0.1) is 17.2 Å². The molecule has 120 valence electrons. The van der Waals surface area contributed by atoms with E-state index in [9.17, 15) is 9.59 Å². The Kier molecular flexibility index (Phi) is 6.99. The molecule has 0 saturated heterocycles. The third-order valence-corrected chi connectivity index (χ3v) is 3.71. The van der Waals surface area contributed by atoms with Gasteiger partial charge in [-0.05, 0) is 25.2 Å². The Hall–Kier alpha value is -1.44. The molecule has 1 heterocycles. The summed E-state index contributed by atoms with van der Waals surface area (Å²) >= 11 is 3.34. The molecule has 1 aromatic carbocycles. The SMILES string of the molecule is CNCCN(C)C(=O)Cn1cnc2ccc(Br)cc2c1=O.Cl. The van der Waals surface area contributed by atoms with Gasteiger partial charge in [0.15, 0.2) is 0 Å². The first-order valence-electron chi connectivity index (χ1n) is 6.56. The molecule has 0 spiro atoms. The summed E-state index contributed by atoms with van der Waals surface area (Å²) < 4.78 is 2.15. The van der Waals surface area contributed by atoms with Gasteiger partial charge in [0.2, 0.25) is 5.91 Å². The fourth-order valence-electron chi connectivity index (χ4n) is 1.91. The number of halogens is 2. The molecular formula is C14H18BrClN4O2.